The molecule has 2 aromatic rings. The number of amides is 1. The lowest BCUT2D eigenvalue weighted by Gasteiger charge is -2.25. The van der Waals surface area contributed by atoms with E-state index in [1.54, 1.807) is 17.0 Å². The molecule has 4 heterocycles. The number of fused-ring (bicyclic) bond motifs is 1. The summed E-state index contributed by atoms with van der Waals surface area (Å²) in [6, 6.07) is 4.97. The number of halogens is 2. The first kappa shape index (κ1) is 22.2. The fourth-order valence-electron chi connectivity index (χ4n) is 4.77. The van der Waals surface area contributed by atoms with Crippen molar-refractivity contribution in [1.29, 1.82) is 0 Å². The van der Waals surface area contributed by atoms with Gasteiger partial charge in [-0.2, -0.15) is 0 Å². The first-order chi connectivity index (χ1) is 14.7. The molecule has 1 amide bonds. The highest BCUT2D eigenvalue weighted by atomic mass is 35.5. The molecule has 0 aliphatic carbocycles. The predicted octanol–water partition coefficient (Wildman–Crippen LogP) is 3.48. The molecule has 5 rings (SSSR count). The Morgan fingerprint density at radius 1 is 1.26 bits per heavy atom. The number of carbonyl (C=O) groups is 1. The normalized spacial score (nSPS) is 21.6. The summed E-state index contributed by atoms with van der Waals surface area (Å²) in [6.07, 6.45) is 4.44. The van der Waals surface area contributed by atoms with E-state index in [-0.39, 0.29) is 29.8 Å². The maximum atomic E-state index is 14.5. The van der Waals surface area contributed by atoms with Crippen LogP contribution in [-0.2, 0) is 24.1 Å². The van der Waals surface area contributed by atoms with Gasteiger partial charge in [-0.05, 0) is 62.4 Å². The summed E-state index contributed by atoms with van der Waals surface area (Å²) in [5, 5.41) is 3.36. The van der Waals surface area contributed by atoms with E-state index in [1.165, 1.54) is 6.07 Å². The Labute approximate surface area is 187 Å². The molecule has 3 aliphatic rings. The Kier molecular flexibility index (Phi) is 6.94. The van der Waals surface area contributed by atoms with E-state index in [0.717, 1.165) is 74.9 Å². The number of nitrogens with zero attached hydrogens (tertiary/aromatic N) is 2. The zero-order valence-corrected chi connectivity index (χ0v) is 18.4. The van der Waals surface area contributed by atoms with Gasteiger partial charge in [-0.25, -0.2) is 9.37 Å². The van der Waals surface area contributed by atoms with Crippen molar-refractivity contribution in [1.82, 2.24) is 15.2 Å². The van der Waals surface area contributed by atoms with E-state index in [9.17, 15) is 9.18 Å². The fraction of sp³-hybridized carbons (Fsp3) is 0.565. The first-order valence-corrected chi connectivity index (χ1v) is 11.0. The van der Waals surface area contributed by atoms with Gasteiger partial charge in [-0.15, -0.1) is 12.4 Å². The zero-order chi connectivity index (χ0) is 20.5. The van der Waals surface area contributed by atoms with E-state index in [0.29, 0.717) is 25.4 Å². The molecule has 6 nitrogen and oxygen atoms in total. The molecule has 0 spiro atoms. The standard InChI is InChI=1S/C23H28FN3O3.ClH/c24-19-2-1-15(11-16-3-7-25-13-16)12-18(19)23(28)27-8-4-21-20(14-27)26-22(30-21)17-5-9-29-10-6-17;/h1-2,12,16-17,25H,3-11,13-14H2;1H. The van der Waals surface area contributed by atoms with Gasteiger partial charge in [-0.3, -0.25) is 4.79 Å². The third kappa shape index (κ3) is 4.78. The SMILES string of the molecule is Cl.O=C(c1cc(CC2CCNC2)ccc1F)N1CCc2oc(C3CCOCC3)nc2C1. The average molecular weight is 450 g/mol. The molecule has 1 unspecified atom stereocenters. The van der Waals surface area contributed by atoms with Crippen LogP contribution in [0.2, 0.25) is 0 Å². The van der Waals surface area contributed by atoms with E-state index < -0.39 is 5.82 Å². The van der Waals surface area contributed by atoms with Gasteiger partial charge >= 0.3 is 0 Å². The van der Waals surface area contributed by atoms with Crippen molar-refractivity contribution in [2.75, 3.05) is 32.8 Å². The Hall–Kier alpha value is -1.96. The van der Waals surface area contributed by atoms with Gasteiger partial charge in [0, 0.05) is 32.1 Å². The average Bonchev–Trinajstić information content (AvgIpc) is 3.44. The maximum Gasteiger partial charge on any atom is 0.257 e. The van der Waals surface area contributed by atoms with Crippen LogP contribution >= 0.6 is 12.4 Å². The third-order valence-corrected chi connectivity index (χ3v) is 6.55. The minimum absolute atomic E-state index is 0. The molecule has 31 heavy (non-hydrogen) atoms. The minimum atomic E-state index is -0.456. The number of hydrogen-bond donors (Lipinski definition) is 1. The first-order valence-electron chi connectivity index (χ1n) is 11.0. The second kappa shape index (κ2) is 9.67. The van der Waals surface area contributed by atoms with Crippen molar-refractivity contribution < 1.29 is 18.3 Å². The van der Waals surface area contributed by atoms with Gasteiger partial charge in [0.1, 0.15) is 17.3 Å². The Bertz CT molecular complexity index is 923. The van der Waals surface area contributed by atoms with Crippen molar-refractivity contribution in [2.45, 2.75) is 44.6 Å². The molecule has 1 atom stereocenters. The Morgan fingerprint density at radius 3 is 2.87 bits per heavy atom. The minimum Gasteiger partial charge on any atom is -0.445 e. The molecule has 0 radical (unpaired) electrons. The van der Waals surface area contributed by atoms with Gasteiger partial charge in [0.2, 0.25) is 0 Å². The van der Waals surface area contributed by atoms with Crippen LogP contribution in [0.4, 0.5) is 4.39 Å². The van der Waals surface area contributed by atoms with Crippen LogP contribution in [0.25, 0.3) is 0 Å². The van der Waals surface area contributed by atoms with E-state index in [1.807, 2.05) is 0 Å². The molecular weight excluding hydrogens is 421 g/mol. The number of carbonyl (C=O) groups excluding carboxylic acids is 1. The topological polar surface area (TPSA) is 67.6 Å². The molecule has 3 aliphatic heterocycles. The van der Waals surface area contributed by atoms with Gasteiger partial charge < -0.3 is 19.4 Å². The van der Waals surface area contributed by atoms with Crippen molar-refractivity contribution >= 4 is 18.3 Å². The molecule has 1 aromatic carbocycles. The van der Waals surface area contributed by atoms with Gasteiger partial charge in [0.05, 0.1) is 12.1 Å². The number of benzene rings is 1. The molecule has 0 bridgehead atoms. The lowest BCUT2D eigenvalue weighted by atomic mass is 9.97. The van der Waals surface area contributed by atoms with E-state index in [2.05, 4.69) is 5.32 Å². The summed E-state index contributed by atoms with van der Waals surface area (Å²) in [4.78, 5) is 19.5. The molecule has 168 valence electrons. The number of ether oxygens (including phenoxy) is 1. The van der Waals surface area contributed by atoms with Crippen molar-refractivity contribution in [2.24, 2.45) is 5.92 Å². The van der Waals surface area contributed by atoms with Gasteiger partial charge in [0.25, 0.3) is 5.91 Å². The van der Waals surface area contributed by atoms with Crippen LogP contribution < -0.4 is 5.32 Å². The lowest BCUT2D eigenvalue weighted by Crippen LogP contribution is -2.36. The molecular formula is C23H29ClFN3O3. The largest absolute Gasteiger partial charge is 0.445 e. The number of nitrogens with one attached hydrogen (secondary N) is 1. The molecule has 0 saturated carbocycles. The maximum absolute atomic E-state index is 14.5. The summed E-state index contributed by atoms with van der Waals surface area (Å²) in [5.41, 5.74) is 1.99. The molecule has 1 aromatic heterocycles. The quantitative estimate of drug-likeness (QED) is 0.774. The molecule has 8 heteroatoms. The highest BCUT2D eigenvalue weighted by molar-refractivity contribution is 5.94. The lowest BCUT2D eigenvalue weighted by molar-refractivity contribution is 0.0721. The Morgan fingerprint density at radius 2 is 2.10 bits per heavy atom. The third-order valence-electron chi connectivity index (χ3n) is 6.55. The summed E-state index contributed by atoms with van der Waals surface area (Å²) in [5.74, 6) is 1.74. The van der Waals surface area contributed by atoms with Gasteiger partial charge in [-0.1, -0.05) is 6.07 Å². The fourth-order valence-corrected chi connectivity index (χ4v) is 4.77. The summed E-state index contributed by atoms with van der Waals surface area (Å²) in [7, 11) is 0. The highest BCUT2D eigenvalue weighted by Crippen LogP contribution is 2.30. The molecule has 2 saturated heterocycles. The molecule has 2 fully saturated rings. The monoisotopic (exact) mass is 449 g/mol. The zero-order valence-electron chi connectivity index (χ0n) is 17.6. The number of aromatic nitrogens is 1. The smallest absolute Gasteiger partial charge is 0.257 e. The van der Waals surface area contributed by atoms with Crippen molar-refractivity contribution in [3.63, 3.8) is 0 Å². The van der Waals surface area contributed by atoms with Crippen LogP contribution in [0.1, 0.15) is 58.4 Å². The highest BCUT2D eigenvalue weighted by Gasteiger charge is 2.30. The van der Waals surface area contributed by atoms with Crippen LogP contribution in [0.5, 0.6) is 0 Å². The van der Waals surface area contributed by atoms with E-state index in [4.69, 9.17) is 14.1 Å². The summed E-state index contributed by atoms with van der Waals surface area (Å²) >= 11 is 0. The number of oxazole rings is 1. The summed E-state index contributed by atoms with van der Waals surface area (Å²) < 4.78 is 26.0. The van der Waals surface area contributed by atoms with Crippen molar-refractivity contribution in [3.8, 4) is 0 Å². The van der Waals surface area contributed by atoms with Crippen LogP contribution in [0.15, 0.2) is 22.6 Å². The second-order valence-corrected chi connectivity index (χ2v) is 8.66. The van der Waals surface area contributed by atoms with E-state index >= 15 is 0 Å². The van der Waals surface area contributed by atoms with Crippen LogP contribution in [-0.4, -0.2) is 48.6 Å². The summed E-state index contributed by atoms with van der Waals surface area (Å²) in [6.45, 7) is 4.36. The Balaban J connectivity index is 0.00000231. The second-order valence-electron chi connectivity index (χ2n) is 8.66. The number of hydrogen-bond acceptors (Lipinski definition) is 5. The van der Waals surface area contributed by atoms with Crippen molar-refractivity contribution in [3.05, 3.63) is 52.5 Å². The van der Waals surface area contributed by atoms with Crippen LogP contribution in [0.3, 0.4) is 0 Å². The predicted molar refractivity (Wildman–Crippen MR) is 116 cm³/mol. The molecule has 1 N–H and O–H groups in total. The number of rotatable bonds is 4. The van der Waals surface area contributed by atoms with Gasteiger partial charge in [0.15, 0.2) is 5.89 Å². The van der Waals surface area contributed by atoms with Crippen LogP contribution in [0, 0.1) is 11.7 Å².